The number of benzene rings is 1. The Kier molecular flexibility index (Phi) is 5.86. The van der Waals surface area contributed by atoms with E-state index in [1.807, 2.05) is 17.5 Å². The molecule has 3 unspecified atom stereocenters. The third-order valence-electron chi connectivity index (χ3n) is 4.65. The van der Waals surface area contributed by atoms with Crippen LogP contribution in [-0.4, -0.2) is 30.4 Å². The highest BCUT2D eigenvalue weighted by atomic mass is 32.1. The lowest BCUT2D eigenvalue weighted by Crippen LogP contribution is -2.45. The molecule has 1 aliphatic heterocycles. The molecule has 1 aromatic heterocycles. The smallest absolute Gasteiger partial charge is 0.234 e. The lowest BCUT2D eigenvalue weighted by Gasteiger charge is -2.34. The summed E-state index contributed by atoms with van der Waals surface area (Å²) in [5.74, 6) is 1.00. The number of nitrogens with one attached hydrogen (secondary N) is 1. The lowest BCUT2D eigenvalue weighted by atomic mass is 9.92. The van der Waals surface area contributed by atoms with E-state index in [1.165, 1.54) is 18.6 Å². The summed E-state index contributed by atoms with van der Waals surface area (Å²) in [6, 6.07) is 10.1. The molecule has 134 valence electrons. The Balaban J connectivity index is 1.70. The van der Waals surface area contributed by atoms with Crippen molar-refractivity contribution in [2.24, 2.45) is 11.8 Å². The highest BCUT2D eigenvalue weighted by molar-refractivity contribution is 7.10. The number of hydrogen-bond acceptors (Lipinski definition) is 3. The second kappa shape index (κ2) is 8.11. The highest BCUT2D eigenvalue weighted by Crippen LogP contribution is 2.26. The minimum Gasteiger partial charge on any atom is -0.343 e. The third kappa shape index (κ3) is 4.89. The molecule has 0 bridgehead atoms. The van der Waals surface area contributed by atoms with Gasteiger partial charge < -0.3 is 5.32 Å². The van der Waals surface area contributed by atoms with Gasteiger partial charge in [0.25, 0.3) is 0 Å². The maximum absolute atomic E-state index is 13.2. The molecule has 5 heteroatoms. The van der Waals surface area contributed by atoms with Gasteiger partial charge >= 0.3 is 0 Å². The summed E-state index contributed by atoms with van der Waals surface area (Å²) < 4.78 is 13.2. The van der Waals surface area contributed by atoms with Crippen LogP contribution in [0.1, 0.15) is 36.8 Å². The van der Waals surface area contributed by atoms with E-state index in [1.54, 1.807) is 23.5 Å². The van der Waals surface area contributed by atoms with Gasteiger partial charge in [0.2, 0.25) is 5.91 Å². The number of amides is 1. The quantitative estimate of drug-likeness (QED) is 0.872. The number of thiophene rings is 1. The molecule has 3 atom stereocenters. The SMILES string of the molecule is CC1CC(C)CN(CC(=O)NC(c2ccc(F)cc2)c2cccs2)C1. The molecule has 0 spiro atoms. The Bertz CT molecular complexity index is 676. The van der Waals surface area contributed by atoms with Crippen LogP contribution in [0.4, 0.5) is 4.39 Å². The van der Waals surface area contributed by atoms with Gasteiger partial charge in [-0.1, -0.05) is 32.0 Å². The summed E-state index contributed by atoms with van der Waals surface area (Å²) in [5.41, 5.74) is 0.901. The standard InChI is InChI=1S/C20H25FN2OS/c1-14-10-15(2)12-23(11-14)13-19(24)22-20(18-4-3-9-25-18)16-5-7-17(21)8-6-16/h3-9,14-15,20H,10-13H2,1-2H3,(H,22,24). The molecule has 1 fully saturated rings. The van der Waals surface area contributed by atoms with E-state index in [0.717, 1.165) is 23.5 Å². The number of likely N-dealkylation sites (tertiary alicyclic amines) is 1. The molecular weight excluding hydrogens is 335 g/mol. The van der Waals surface area contributed by atoms with Crippen LogP contribution in [0.15, 0.2) is 41.8 Å². The number of hydrogen-bond donors (Lipinski definition) is 1. The first kappa shape index (κ1) is 18.1. The van der Waals surface area contributed by atoms with Gasteiger partial charge in [-0.15, -0.1) is 11.3 Å². The van der Waals surface area contributed by atoms with Crippen molar-refractivity contribution in [1.82, 2.24) is 10.2 Å². The summed E-state index contributed by atoms with van der Waals surface area (Å²) in [4.78, 5) is 15.9. The summed E-state index contributed by atoms with van der Waals surface area (Å²) in [6.07, 6.45) is 1.23. The van der Waals surface area contributed by atoms with Crippen molar-refractivity contribution >= 4 is 17.2 Å². The molecule has 3 nitrogen and oxygen atoms in total. The van der Waals surface area contributed by atoms with Gasteiger partial charge in [-0.25, -0.2) is 4.39 Å². The van der Waals surface area contributed by atoms with Gasteiger partial charge in [0.1, 0.15) is 5.82 Å². The number of piperidine rings is 1. The molecule has 1 saturated heterocycles. The average Bonchev–Trinajstić information content (AvgIpc) is 3.06. The van der Waals surface area contributed by atoms with Gasteiger partial charge in [0.15, 0.2) is 0 Å². The molecule has 1 aromatic carbocycles. The number of rotatable bonds is 5. The molecule has 0 radical (unpaired) electrons. The van der Waals surface area contributed by atoms with Crippen molar-refractivity contribution in [3.63, 3.8) is 0 Å². The fraction of sp³-hybridized carbons (Fsp3) is 0.450. The summed E-state index contributed by atoms with van der Waals surface area (Å²) in [5, 5.41) is 5.13. The third-order valence-corrected chi connectivity index (χ3v) is 5.59. The summed E-state index contributed by atoms with van der Waals surface area (Å²) in [7, 11) is 0. The van der Waals surface area contributed by atoms with E-state index >= 15 is 0 Å². The Morgan fingerprint density at radius 1 is 1.24 bits per heavy atom. The second-order valence-electron chi connectivity index (χ2n) is 7.21. The molecule has 2 aromatic rings. The first-order chi connectivity index (χ1) is 12.0. The van der Waals surface area contributed by atoms with Crippen LogP contribution in [0.2, 0.25) is 0 Å². The number of halogens is 1. The van der Waals surface area contributed by atoms with Gasteiger partial charge in [0, 0.05) is 18.0 Å². The molecule has 1 amide bonds. The van der Waals surface area contributed by atoms with Crippen LogP contribution < -0.4 is 5.32 Å². The normalized spacial score (nSPS) is 22.5. The van der Waals surface area contributed by atoms with E-state index in [4.69, 9.17) is 0 Å². The van der Waals surface area contributed by atoms with Crippen molar-refractivity contribution in [3.05, 3.63) is 58.0 Å². The Hall–Kier alpha value is -1.72. The van der Waals surface area contributed by atoms with E-state index in [0.29, 0.717) is 18.4 Å². The largest absolute Gasteiger partial charge is 0.343 e. The van der Waals surface area contributed by atoms with Gasteiger partial charge in [-0.05, 0) is 47.4 Å². The minimum atomic E-state index is -0.267. The van der Waals surface area contributed by atoms with Crippen LogP contribution in [0, 0.1) is 17.7 Å². The van der Waals surface area contributed by atoms with E-state index in [9.17, 15) is 9.18 Å². The Morgan fingerprint density at radius 3 is 2.52 bits per heavy atom. The zero-order chi connectivity index (χ0) is 17.8. The van der Waals surface area contributed by atoms with Crippen LogP contribution in [0.5, 0.6) is 0 Å². The number of carbonyl (C=O) groups excluding carboxylic acids is 1. The minimum absolute atomic E-state index is 0.0176. The predicted octanol–water partition coefficient (Wildman–Crippen LogP) is 4.07. The van der Waals surface area contributed by atoms with Crippen LogP contribution >= 0.6 is 11.3 Å². The van der Waals surface area contributed by atoms with E-state index in [-0.39, 0.29) is 17.8 Å². The number of carbonyl (C=O) groups is 1. The molecule has 0 saturated carbocycles. The Labute approximate surface area is 152 Å². The zero-order valence-electron chi connectivity index (χ0n) is 14.7. The molecule has 25 heavy (non-hydrogen) atoms. The molecule has 3 rings (SSSR count). The molecule has 0 aliphatic carbocycles. The zero-order valence-corrected chi connectivity index (χ0v) is 15.6. The average molecular weight is 360 g/mol. The first-order valence-electron chi connectivity index (χ1n) is 8.82. The highest BCUT2D eigenvalue weighted by Gasteiger charge is 2.25. The first-order valence-corrected chi connectivity index (χ1v) is 9.70. The van der Waals surface area contributed by atoms with E-state index < -0.39 is 0 Å². The second-order valence-corrected chi connectivity index (χ2v) is 8.19. The van der Waals surface area contributed by atoms with Crippen molar-refractivity contribution in [2.75, 3.05) is 19.6 Å². The fourth-order valence-corrected chi connectivity index (χ4v) is 4.56. The maximum atomic E-state index is 13.2. The van der Waals surface area contributed by atoms with Crippen molar-refractivity contribution in [2.45, 2.75) is 26.3 Å². The van der Waals surface area contributed by atoms with Crippen LogP contribution in [0.25, 0.3) is 0 Å². The fourth-order valence-electron chi connectivity index (χ4n) is 3.76. The van der Waals surface area contributed by atoms with Gasteiger partial charge in [0.05, 0.1) is 12.6 Å². The molecule has 2 heterocycles. The monoisotopic (exact) mass is 360 g/mol. The van der Waals surface area contributed by atoms with Gasteiger partial charge in [-0.3, -0.25) is 9.69 Å². The van der Waals surface area contributed by atoms with E-state index in [2.05, 4.69) is 24.1 Å². The molecule has 1 N–H and O–H groups in total. The molecular formula is C20H25FN2OS. The molecule has 1 aliphatic rings. The summed E-state index contributed by atoms with van der Waals surface area (Å²) in [6.45, 7) is 6.84. The lowest BCUT2D eigenvalue weighted by molar-refractivity contribution is -0.123. The van der Waals surface area contributed by atoms with Gasteiger partial charge in [-0.2, -0.15) is 0 Å². The Morgan fingerprint density at radius 2 is 1.92 bits per heavy atom. The van der Waals surface area contributed by atoms with Crippen molar-refractivity contribution in [1.29, 1.82) is 0 Å². The topological polar surface area (TPSA) is 32.3 Å². The van der Waals surface area contributed by atoms with Crippen LogP contribution in [-0.2, 0) is 4.79 Å². The summed E-state index contributed by atoms with van der Waals surface area (Å²) >= 11 is 1.60. The van der Waals surface area contributed by atoms with Crippen LogP contribution in [0.3, 0.4) is 0 Å². The number of nitrogens with zero attached hydrogens (tertiary/aromatic N) is 1. The maximum Gasteiger partial charge on any atom is 0.234 e. The van der Waals surface area contributed by atoms with Crippen molar-refractivity contribution < 1.29 is 9.18 Å². The van der Waals surface area contributed by atoms with Crippen molar-refractivity contribution in [3.8, 4) is 0 Å². The predicted molar refractivity (Wildman–Crippen MR) is 100 cm³/mol.